The Morgan fingerprint density at radius 3 is 2.68 bits per heavy atom. The molecule has 1 aromatic carbocycles. The fourth-order valence-electron chi connectivity index (χ4n) is 2.37. The molecule has 0 aliphatic carbocycles. The van der Waals surface area contributed by atoms with Gasteiger partial charge in [0, 0.05) is 0 Å². The van der Waals surface area contributed by atoms with Crippen LogP contribution in [-0.2, 0) is 12.7 Å². The molecule has 0 spiro atoms. The fourth-order valence-corrected chi connectivity index (χ4v) is 2.37. The van der Waals surface area contributed by atoms with Gasteiger partial charge in [0.05, 0.1) is 29.4 Å². The third kappa shape index (κ3) is 2.59. The van der Waals surface area contributed by atoms with Crippen molar-refractivity contribution in [2.75, 3.05) is 0 Å². The highest BCUT2D eigenvalue weighted by Gasteiger charge is 2.31. The lowest BCUT2D eigenvalue weighted by Gasteiger charge is -2.10. The summed E-state index contributed by atoms with van der Waals surface area (Å²) in [5, 5.41) is 9.83. The van der Waals surface area contributed by atoms with Crippen LogP contribution in [0.15, 0.2) is 41.0 Å². The second kappa shape index (κ2) is 5.17. The number of nitrogens with zero attached hydrogens (tertiary/aromatic N) is 2. The molecule has 0 bridgehead atoms. The van der Waals surface area contributed by atoms with E-state index >= 15 is 0 Å². The van der Waals surface area contributed by atoms with Gasteiger partial charge in [0.15, 0.2) is 0 Å². The smallest absolute Gasteiger partial charge is 0.416 e. The van der Waals surface area contributed by atoms with Crippen molar-refractivity contribution in [2.45, 2.75) is 25.7 Å². The molecular weight excluding hydrogens is 297 g/mol. The summed E-state index contributed by atoms with van der Waals surface area (Å²) < 4.78 is 45.3. The Balaban J connectivity index is 2.14. The number of benzene rings is 1. The van der Waals surface area contributed by atoms with Gasteiger partial charge in [0.2, 0.25) is 0 Å². The molecule has 0 radical (unpaired) electrons. The minimum Gasteiger partial charge on any atom is -0.467 e. The van der Waals surface area contributed by atoms with E-state index in [-0.39, 0.29) is 12.1 Å². The van der Waals surface area contributed by atoms with Gasteiger partial charge in [-0.05, 0) is 37.3 Å². The van der Waals surface area contributed by atoms with Gasteiger partial charge in [-0.2, -0.15) is 13.2 Å². The number of furan rings is 1. The van der Waals surface area contributed by atoms with E-state index in [1.54, 1.807) is 16.7 Å². The number of hydrogen-bond donors (Lipinski definition) is 1. The highest BCUT2D eigenvalue weighted by molar-refractivity contribution is 5.77. The minimum atomic E-state index is -4.43. The summed E-state index contributed by atoms with van der Waals surface area (Å²) in [6, 6.07) is 6.83. The molecule has 0 saturated heterocycles. The van der Waals surface area contributed by atoms with E-state index in [2.05, 4.69) is 4.98 Å². The zero-order valence-electron chi connectivity index (χ0n) is 11.6. The van der Waals surface area contributed by atoms with Crippen LogP contribution in [0.1, 0.15) is 30.2 Å². The molecule has 3 aromatic rings. The summed E-state index contributed by atoms with van der Waals surface area (Å²) in [4.78, 5) is 4.14. The summed E-state index contributed by atoms with van der Waals surface area (Å²) in [7, 11) is 0. The van der Waals surface area contributed by atoms with E-state index in [1.807, 2.05) is 0 Å². The standard InChI is InChI=1S/C15H13F3N2O2/c1-9(21)14-19-12-7-10(15(16,17)18)4-5-13(12)20(14)8-11-3-2-6-22-11/h2-7,9,21H,8H2,1H3. The Hall–Kier alpha value is -2.28. The molecule has 2 aromatic heterocycles. The second-order valence-electron chi connectivity index (χ2n) is 5.01. The molecule has 0 fully saturated rings. The van der Waals surface area contributed by atoms with Crippen molar-refractivity contribution in [3.8, 4) is 0 Å². The van der Waals surface area contributed by atoms with Crippen LogP contribution in [0.2, 0.25) is 0 Å². The Kier molecular flexibility index (Phi) is 3.44. The highest BCUT2D eigenvalue weighted by atomic mass is 19.4. The number of halogens is 3. The molecule has 0 aliphatic heterocycles. The zero-order chi connectivity index (χ0) is 15.9. The van der Waals surface area contributed by atoms with Crippen LogP contribution in [0.4, 0.5) is 13.2 Å². The lowest BCUT2D eigenvalue weighted by molar-refractivity contribution is -0.137. The Labute approximate surface area is 123 Å². The Bertz CT molecular complexity index is 789. The van der Waals surface area contributed by atoms with E-state index < -0.39 is 17.8 Å². The number of aliphatic hydroxyl groups excluding tert-OH is 1. The maximum absolute atomic E-state index is 12.8. The van der Waals surface area contributed by atoms with Crippen LogP contribution >= 0.6 is 0 Å². The maximum atomic E-state index is 12.8. The minimum absolute atomic E-state index is 0.192. The summed E-state index contributed by atoms with van der Waals surface area (Å²) >= 11 is 0. The first kappa shape index (κ1) is 14.6. The molecule has 0 saturated carbocycles. The first-order valence-corrected chi connectivity index (χ1v) is 6.64. The van der Waals surface area contributed by atoms with Gasteiger partial charge in [-0.1, -0.05) is 0 Å². The molecule has 22 heavy (non-hydrogen) atoms. The molecule has 0 amide bonds. The Morgan fingerprint density at radius 1 is 1.32 bits per heavy atom. The van der Waals surface area contributed by atoms with Gasteiger partial charge in [-0.25, -0.2) is 4.98 Å². The highest BCUT2D eigenvalue weighted by Crippen LogP contribution is 2.32. The molecule has 0 aliphatic rings. The van der Waals surface area contributed by atoms with E-state index in [0.29, 0.717) is 17.1 Å². The predicted molar refractivity (Wildman–Crippen MR) is 73.2 cm³/mol. The van der Waals surface area contributed by atoms with Gasteiger partial charge in [0.1, 0.15) is 17.7 Å². The fraction of sp³-hybridized carbons (Fsp3) is 0.267. The van der Waals surface area contributed by atoms with Gasteiger partial charge < -0.3 is 14.1 Å². The van der Waals surface area contributed by atoms with Crippen LogP contribution in [0.25, 0.3) is 11.0 Å². The van der Waals surface area contributed by atoms with Crippen molar-refractivity contribution in [3.05, 3.63) is 53.7 Å². The lowest BCUT2D eigenvalue weighted by Crippen LogP contribution is -2.07. The molecule has 116 valence electrons. The quantitative estimate of drug-likeness (QED) is 0.801. The molecule has 1 unspecified atom stereocenters. The molecule has 1 atom stereocenters. The van der Waals surface area contributed by atoms with Crippen LogP contribution in [0.5, 0.6) is 0 Å². The average molecular weight is 310 g/mol. The van der Waals surface area contributed by atoms with Crippen molar-refractivity contribution >= 4 is 11.0 Å². The van der Waals surface area contributed by atoms with Crippen LogP contribution < -0.4 is 0 Å². The average Bonchev–Trinajstić information content (AvgIpc) is 3.06. The van der Waals surface area contributed by atoms with Gasteiger partial charge in [-0.15, -0.1) is 0 Å². The van der Waals surface area contributed by atoms with Gasteiger partial charge in [-0.3, -0.25) is 0 Å². The zero-order valence-corrected chi connectivity index (χ0v) is 11.6. The van der Waals surface area contributed by atoms with Crippen molar-refractivity contribution in [1.82, 2.24) is 9.55 Å². The van der Waals surface area contributed by atoms with E-state index in [0.717, 1.165) is 12.1 Å². The summed E-state index contributed by atoms with van der Waals surface area (Å²) in [5.74, 6) is 0.923. The Morgan fingerprint density at radius 2 is 2.09 bits per heavy atom. The topological polar surface area (TPSA) is 51.2 Å². The van der Waals surface area contributed by atoms with Crippen molar-refractivity contribution in [2.24, 2.45) is 0 Å². The van der Waals surface area contributed by atoms with E-state index in [1.165, 1.54) is 19.3 Å². The van der Waals surface area contributed by atoms with E-state index in [9.17, 15) is 18.3 Å². The molecule has 1 N–H and O–H groups in total. The van der Waals surface area contributed by atoms with Crippen molar-refractivity contribution < 1.29 is 22.7 Å². The van der Waals surface area contributed by atoms with E-state index in [4.69, 9.17) is 4.42 Å². The molecule has 3 rings (SSSR count). The number of aliphatic hydroxyl groups is 1. The van der Waals surface area contributed by atoms with Crippen LogP contribution in [0.3, 0.4) is 0 Å². The first-order chi connectivity index (χ1) is 10.4. The second-order valence-corrected chi connectivity index (χ2v) is 5.01. The van der Waals surface area contributed by atoms with Gasteiger partial charge >= 0.3 is 6.18 Å². The van der Waals surface area contributed by atoms with Crippen molar-refractivity contribution in [3.63, 3.8) is 0 Å². The van der Waals surface area contributed by atoms with Crippen LogP contribution in [0, 0.1) is 0 Å². The number of aromatic nitrogens is 2. The molecule has 7 heteroatoms. The molecule has 2 heterocycles. The number of hydrogen-bond acceptors (Lipinski definition) is 3. The first-order valence-electron chi connectivity index (χ1n) is 6.64. The number of alkyl halides is 3. The van der Waals surface area contributed by atoms with Crippen LogP contribution in [-0.4, -0.2) is 14.7 Å². The third-order valence-corrected chi connectivity index (χ3v) is 3.37. The lowest BCUT2D eigenvalue weighted by atomic mass is 10.2. The maximum Gasteiger partial charge on any atom is 0.416 e. The largest absolute Gasteiger partial charge is 0.467 e. The van der Waals surface area contributed by atoms with Crippen molar-refractivity contribution in [1.29, 1.82) is 0 Å². The summed E-state index contributed by atoms with van der Waals surface area (Å²) in [5.41, 5.74) is -0.0580. The molecular formula is C15H13F3N2O2. The number of fused-ring (bicyclic) bond motifs is 1. The molecule has 4 nitrogen and oxygen atoms in total. The predicted octanol–water partition coefficient (Wildman–Crippen LogP) is 3.75. The summed E-state index contributed by atoms with van der Waals surface area (Å²) in [6.07, 6.45) is -3.82. The number of rotatable bonds is 3. The van der Waals surface area contributed by atoms with Gasteiger partial charge in [0.25, 0.3) is 0 Å². The normalized spacial score (nSPS) is 13.7. The monoisotopic (exact) mass is 310 g/mol. The SMILES string of the molecule is CC(O)c1nc2cc(C(F)(F)F)ccc2n1Cc1ccco1. The third-order valence-electron chi connectivity index (χ3n) is 3.37. The summed E-state index contributed by atoms with van der Waals surface area (Å²) in [6.45, 7) is 1.81. The number of imidazole rings is 1.